The van der Waals surface area contributed by atoms with E-state index in [1.54, 1.807) is 28.6 Å². The van der Waals surface area contributed by atoms with Crippen LogP contribution in [-0.4, -0.2) is 55.8 Å². The molecule has 1 saturated carbocycles. The molecule has 7 heteroatoms. The molecule has 0 unspecified atom stereocenters. The van der Waals surface area contributed by atoms with Crippen LogP contribution < -0.4 is 5.32 Å². The molecule has 1 aliphatic carbocycles. The first-order chi connectivity index (χ1) is 14.0. The maximum atomic E-state index is 12.9. The van der Waals surface area contributed by atoms with Crippen LogP contribution in [0.2, 0.25) is 0 Å². The van der Waals surface area contributed by atoms with Crippen LogP contribution in [0.15, 0.2) is 29.2 Å². The summed E-state index contributed by atoms with van der Waals surface area (Å²) in [6, 6.07) is 7.24. The molecule has 3 fully saturated rings. The number of sulfonamides is 1. The molecule has 4 rings (SSSR count). The third-order valence-corrected chi connectivity index (χ3v) is 8.67. The Hall–Kier alpha value is -1.44. The van der Waals surface area contributed by atoms with E-state index in [2.05, 4.69) is 10.2 Å². The van der Waals surface area contributed by atoms with E-state index < -0.39 is 10.0 Å². The molecule has 2 heterocycles. The lowest BCUT2D eigenvalue weighted by Gasteiger charge is -2.43. The van der Waals surface area contributed by atoms with E-state index in [0.717, 1.165) is 38.1 Å². The average Bonchev–Trinajstić information content (AvgIpc) is 2.75. The second-order valence-electron chi connectivity index (χ2n) is 8.77. The largest absolute Gasteiger partial charge is 0.325 e. The normalized spacial score (nSPS) is 26.6. The summed E-state index contributed by atoms with van der Waals surface area (Å²) in [7, 11) is -3.49. The zero-order chi connectivity index (χ0) is 20.3. The van der Waals surface area contributed by atoms with Crippen molar-refractivity contribution in [3.63, 3.8) is 0 Å². The van der Waals surface area contributed by atoms with E-state index in [4.69, 9.17) is 0 Å². The van der Waals surface area contributed by atoms with Gasteiger partial charge >= 0.3 is 0 Å². The lowest BCUT2D eigenvalue weighted by molar-refractivity contribution is -0.118. The van der Waals surface area contributed by atoms with E-state index in [9.17, 15) is 13.2 Å². The van der Waals surface area contributed by atoms with Crippen molar-refractivity contribution in [2.45, 2.75) is 68.7 Å². The Kier molecular flexibility index (Phi) is 6.56. The van der Waals surface area contributed by atoms with E-state index in [1.807, 2.05) is 0 Å². The number of nitrogens with zero attached hydrogens (tertiary/aromatic N) is 2. The zero-order valence-electron chi connectivity index (χ0n) is 17.2. The van der Waals surface area contributed by atoms with Gasteiger partial charge in [0.05, 0.1) is 11.4 Å². The monoisotopic (exact) mass is 419 g/mol. The molecule has 2 atom stereocenters. The molecule has 2 saturated heterocycles. The third kappa shape index (κ3) is 4.84. The lowest BCUT2D eigenvalue weighted by atomic mass is 9.78. The molecule has 1 amide bonds. The van der Waals surface area contributed by atoms with Crippen LogP contribution in [0.3, 0.4) is 0 Å². The van der Waals surface area contributed by atoms with Crippen molar-refractivity contribution in [2.75, 3.05) is 31.5 Å². The minimum Gasteiger partial charge on any atom is -0.325 e. The number of nitrogens with one attached hydrogen (secondary N) is 1. The number of benzene rings is 1. The highest BCUT2D eigenvalue weighted by Crippen LogP contribution is 2.35. The quantitative estimate of drug-likeness (QED) is 0.794. The highest BCUT2D eigenvalue weighted by atomic mass is 32.2. The first-order valence-corrected chi connectivity index (χ1v) is 12.6. The predicted molar refractivity (Wildman–Crippen MR) is 114 cm³/mol. The molecule has 160 valence electrons. The second-order valence-corrected chi connectivity index (χ2v) is 10.7. The van der Waals surface area contributed by atoms with Gasteiger partial charge in [0.2, 0.25) is 15.9 Å². The van der Waals surface area contributed by atoms with E-state index in [0.29, 0.717) is 31.4 Å². The minimum atomic E-state index is -3.49. The van der Waals surface area contributed by atoms with Gasteiger partial charge in [0, 0.05) is 24.8 Å². The number of hydrogen-bond acceptors (Lipinski definition) is 4. The summed E-state index contributed by atoms with van der Waals surface area (Å²) in [5.41, 5.74) is 0.560. The van der Waals surface area contributed by atoms with Gasteiger partial charge in [0.15, 0.2) is 0 Å². The Morgan fingerprint density at radius 2 is 1.72 bits per heavy atom. The molecule has 1 aromatic rings. The lowest BCUT2D eigenvalue weighted by Crippen LogP contribution is -2.49. The van der Waals surface area contributed by atoms with E-state index >= 15 is 0 Å². The van der Waals surface area contributed by atoms with Gasteiger partial charge < -0.3 is 5.32 Å². The Balaban J connectivity index is 1.40. The number of piperidine rings is 2. The van der Waals surface area contributed by atoms with Gasteiger partial charge in [-0.15, -0.1) is 0 Å². The number of hydrogen-bond donors (Lipinski definition) is 1. The van der Waals surface area contributed by atoms with Crippen molar-refractivity contribution in [1.82, 2.24) is 9.21 Å². The summed E-state index contributed by atoms with van der Waals surface area (Å²) in [6.45, 7) is 2.54. The van der Waals surface area contributed by atoms with Crippen molar-refractivity contribution < 1.29 is 13.2 Å². The van der Waals surface area contributed by atoms with Crippen LogP contribution in [0.5, 0.6) is 0 Å². The van der Waals surface area contributed by atoms with Crippen LogP contribution in [0.4, 0.5) is 5.69 Å². The molecule has 3 aliphatic rings. The Morgan fingerprint density at radius 3 is 2.55 bits per heavy atom. The highest BCUT2D eigenvalue weighted by molar-refractivity contribution is 7.89. The van der Waals surface area contributed by atoms with Crippen molar-refractivity contribution in [3.05, 3.63) is 24.3 Å². The Morgan fingerprint density at radius 1 is 0.966 bits per heavy atom. The Labute approximate surface area is 174 Å². The molecular weight excluding hydrogens is 386 g/mol. The smallest absolute Gasteiger partial charge is 0.243 e. The molecule has 0 radical (unpaired) electrons. The fraction of sp³-hybridized carbons (Fsp3) is 0.682. The number of anilines is 1. The fourth-order valence-corrected chi connectivity index (χ4v) is 6.86. The van der Waals surface area contributed by atoms with E-state index in [1.165, 1.54) is 32.1 Å². The van der Waals surface area contributed by atoms with Gasteiger partial charge in [-0.2, -0.15) is 4.31 Å². The van der Waals surface area contributed by atoms with Gasteiger partial charge in [0.1, 0.15) is 0 Å². The number of fused-ring (bicyclic) bond motifs is 1. The topological polar surface area (TPSA) is 69.7 Å². The Bertz CT molecular complexity index is 818. The van der Waals surface area contributed by atoms with Crippen molar-refractivity contribution in [2.24, 2.45) is 5.92 Å². The van der Waals surface area contributed by atoms with Crippen LogP contribution in [-0.2, 0) is 14.8 Å². The second kappa shape index (κ2) is 9.14. The van der Waals surface area contributed by atoms with Crippen molar-refractivity contribution in [3.8, 4) is 0 Å². The number of likely N-dealkylation sites (tertiary alicyclic amines) is 1. The van der Waals surface area contributed by atoms with Gasteiger partial charge in [-0.05, 0) is 69.2 Å². The number of amides is 1. The molecule has 2 aliphatic heterocycles. The SMILES string of the molecule is O=C(CN1CCC[C@@H]2CCCC[C@@H]21)Nc1cccc(S(=O)(=O)N2CCCCC2)c1. The molecule has 1 N–H and O–H groups in total. The predicted octanol–water partition coefficient (Wildman–Crippen LogP) is 3.45. The van der Waals surface area contributed by atoms with Crippen LogP contribution >= 0.6 is 0 Å². The van der Waals surface area contributed by atoms with Gasteiger partial charge in [0.25, 0.3) is 0 Å². The van der Waals surface area contributed by atoms with Gasteiger partial charge in [-0.25, -0.2) is 8.42 Å². The average molecular weight is 420 g/mol. The summed E-state index contributed by atoms with van der Waals surface area (Å²) < 4.78 is 27.4. The zero-order valence-corrected chi connectivity index (χ0v) is 18.0. The molecule has 0 bridgehead atoms. The van der Waals surface area contributed by atoms with E-state index in [-0.39, 0.29) is 10.8 Å². The minimum absolute atomic E-state index is 0.0521. The summed E-state index contributed by atoms with van der Waals surface area (Å²) >= 11 is 0. The number of rotatable bonds is 5. The first kappa shape index (κ1) is 20.8. The number of carbonyl (C=O) groups is 1. The summed E-state index contributed by atoms with van der Waals surface area (Å²) in [4.78, 5) is 15.3. The fourth-order valence-electron chi connectivity index (χ4n) is 5.30. The molecule has 0 spiro atoms. The molecule has 29 heavy (non-hydrogen) atoms. The summed E-state index contributed by atoms with van der Waals surface area (Å²) in [5, 5.41) is 2.94. The molecule has 6 nitrogen and oxygen atoms in total. The maximum absolute atomic E-state index is 12.9. The van der Waals surface area contributed by atoms with Crippen LogP contribution in [0.25, 0.3) is 0 Å². The summed E-state index contributed by atoms with van der Waals surface area (Å²) in [6.07, 6.45) is 10.4. The standard InChI is InChI=1S/C22H33N3O3S/c26-22(17-24-13-7-9-18-8-2-3-12-21(18)24)23-19-10-6-11-20(16-19)29(27,28)25-14-4-1-5-15-25/h6,10-11,16,18,21H,1-5,7-9,12-15,17H2,(H,23,26)/t18-,21-/m0/s1. The molecule has 0 aromatic heterocycles. The molecular formula is C22H33N3O3S. The van der Waals surface area contributed by atoms with Crippen LogP contribution in [0, 0.1) is 5.92 Å². The van der Waals surface area contributed by atoms with Crippen LogP contribution in [0.1, 0.15) is 57.8 Å². The number of carbonyl (C=O) groups excluding carboxylic acids is 1. The molecule has 1 aromatic carbocycles. The van der Waals surface area contributed by atoms with Crippen molar-refractivity contribution >= 4 is 21.6 Å². The highest BCUT2D eigenvalue weighted by Gasteiger charge is 2.34. The van der Waals surface area contributed by atoms with Gasteiger partial charge in [-0.1, -0.05) is 25.3 Å². The maximum Gasteiger partial charge on any atom is 0.243 e. The summed E-state index contributed by atoms with van der Waals surface area (Å²) in [5.74, 6) is 0.687. The third-order valence-electron chi connectivity index (χ3n) is 6.78. The van der Waals surface area contributed by atoms with Gasteiger partial charge in [-0.3, -0.25) is 9.69 Å². The van der Waals surface area contributed by atoms with Crippen molar-refractivity contribution in [1.29, 1.82) is 0 Å². The first-order valence-electron chi connectivity index (χ1n) is 11.2.